The van der Waals surface area contributed by atoms with Crippen LogP contribution in [0.25, 0.3) is 0 Å². The summed E-state index contributed by atoms with van der Waals surface area (Å²) in [6, 6.07) is 21.2. The van der Waals surface area contributed by atoms with Crippen molar-refractivity contribution in [3.63, 3.8) is 0 Å². The molecule has 0 saturated heterocycles. The van der Waals surface area contributed by atoms with Gasteiger partial charge in [-0.05, 0) is 62.4 Å². The first-order chi connectivity index (χ1) is 16.3. The molecule has 0 amide bonds. The molecule has 0 spiro atoms. The van der Waals surface area contributed by atoms with Crippen LogP contribution in [0.4, 0.5) is 22.7 Å². The highest BCUT2D eigenvalue weighted by atomic mass is 16.3. The molecule has 0 atom stereocenters. The molecule has 0 radical (unpaired) electrons. The second-order valence-corrected chi connectivity index (χ2v) is 8.40. The second kappa shape index (κ2) is 8.08. The van der Waals surface area contributed by atoms with Crippen LogP contribution in [0.2, 0.25) is 0 Å². The number of nitrogens with one attached hydrogen (secondary N) is 2. The first-order valence-electron chi connectivity index (χ1n) is 10.8. The van der Waals surface area contributed by atoms with Crippen molar-refractivity contribution in [2.75, 3.05) is 10.6 Å². The predicted molar refractivity (Wildman–Crippen MR) is 132 cm³/mol. The molecule has 4 N–H and O–H groups in total. The van der Waals surface area contributed by atoms with Crippen LogP contribution in [0.15, 0.2) is 72.8 Å². The van der Waals surface area contributed by atoms with Gasteiger partial charge in [0.2, 0.25) is 11.6 Å². The Labute approximate surface area is 196 Å². The van der Waals surface area contributed by atoms with Crippen LogP contribution in [0, 0.1) is 13.8 Å². The molecular weight excluding hydrogens is 428 g/mol. The number of aromatic hydroxyl groups is 2. The molecule has 4 aromatic rings. The number of phenolic OH excluding ortho intramolecular Hbond substituents is 2. The molecule has 0 aliphatic heterocycles. The van der Waals surface area contributed by atoms with Crippen molar-refractivity contribution in [3.05, 3.63) is 106 Å². The summed E-state index contributed by atoms with van der Waals surface area (Å²) in [6.07, 6.45) is 0. The lowest BCUT2D eigenvalue weighted by molar-refractivity contribution is 0.0975. The van der Waals surface area contributed by atoms with Crippen LogP contribution in [-0.2, 0) is 0 Å². The van der Waals surface area contributed by atoms with Crippen molar-refractivity contribution < 1.29 is 19.8 Å². The van der Waals surface area contributed by atoms with Gasteiger partial charge in [-0.1, -0.05) is 35.4 Å². The molecule has 0 heterocycles. The Morgan fingerprint density at radius 2 is 0.853 bits per heavy atom. The lowest BCUT2D eigenvalue weighted by Gasteiger charge is -2.25. The van der Waals surface area contributed by atoms with Gasteiger partial charge in [-0.3, -0.25) is 9.59 Å². The highest BCUT2D eigenvalue weighted by molar-refractivity contribution is 6.33. The third kappa shape index (κ3) is 3.55. The van der Waals surface area contributed by atoms with Crippen molar-refractivity contribution in [1.82, 2.24) is 0 Å². The lowest BCUT2D eigenvalue weighted by Crippen LogP contribution is -2.24. The highest BCUT2D eigenvalue weighted by Gasteiger charge is 2.38. The molecule has 1 aliphatic carbocycles. The quantitative estimate of drug-likeness (QED) is 0.252. The SMILES string of the molecule is Cc1ccc(Nc2ccc(Nc3ccc(C)cc3)c3c2C(=O)c2c(O)ccc(O)c2C3=O)cc1. The Kier molecular flexibility index (Phi) is 5.06. The molecule has 0 saturated carbocycles. The number of rotatable bonds is 4. The first kappa shape index (κ1) is 21.3. The summed E-state index contributed by atoms with van der Waals surface area (Å²) in [7, 11) is 0. The van der Waals surface area contributed by atoms with Gasteiger partial charge in [-0.2, -0.15) is 0 Å². The molecule has 6 heteroatoms. The highest BCUT2D eigenvalue weighted by Crippen LogP contribution is 2.43. The van der Waals surface area contributed by atoms with Gasteiger partial charge in [-0.15, -0.1) is 0 Å². The second-order valence-electron chi connectivity index (χ2n) is 8.40. The number of hydrogen-bond donors (Lipinski definition) is 4. The molecule has 1 aliphatic rings. The lowest BCUT2D eigenvalue weighted by atomic mass is 9.81. The van der Waals surface area contributed by atoms with E-state index in [1.807, 2.05) is 62.4 Å². The minimum absolute atomic E-state index is 0.135. The van der Waals surface area contributed by atoms with Crippen LogP contribution < -0.4 is 10.6 Å². The van der Waals surface area contributed by atoms with E-state index in [-0.39, 0.29) is 33.8 Å². The van der Waals surface area contributed by atoms with Crippen LogP contribution >= 0.6 is 0 Å². The largest absolute Gasteiger partial charge is 0.507 e. The summed E-state index contributed by atoms with van der Waals surface area (Å²) in [5.74, 6) is -1.79. The fourth-order valence-corrected chi connectivity index (χ4v) is 4.16. The molecule has 6 nitrogen and oxygen atoms in total. The number of ketones is 2. The van der Waals surface area contributed by atoms with E-state index >= 15 is 0 Å². The maximum atomic E-state index is 13.6. The van der Waals surface area contributed by atoms with Crippen molar-refractivity contribution in [3.8, 4) is 11.5 Å². The van der Waals surface area contributed by atoms with Gasteiger partial charge in [0.25, 0.3) is 0 Å². The molecule has 4 aromatic carbocycles. The van der Waals surface area contributed by atoms with Crippen molar-refractivity contribution in [2.45, 2.75) is 13.8 Å². The number of aryl methyl sites for hydroxylation is 2. The molecule has 0 bridgehead atoms. The predicted octanol–water partition coefficient (Wildman–Crippen LogP) is 5.98. The van der Waals surface area contributed by atoms with E-state index in [0.717, 1.165) is 22.5 Å². The number of anilines is 4. The van der Waals surface area contributed by atoms with E-state index in [0.29, 0.717) is 11.4 Å². The van der Waals surface area contributed by atoms with Crippen LogP contribution in [0.5, 0.6) is 11.5 Å². The summed E-state index contributed by atoms with van der Waals surface area (Å²) in [6.45, 7) is 3.96. The summed E-state index contributed by atoms with van der Waals surface area (Å²) >= 11 is 0. The minimum Gasteiger partial charge on any atom is -0.507 e. The zero-order chi connectivity index (χ0) is 24.0. The zero-order valence-corrected chi connectivity index (χ0v) is 18.6. The maximum Gasteiger partial charge on any atom is 0.200 e. The molecule has 5 rings (SSSR count). The number of benzene rings is 4. The molecule has 168 valence electrons. The third-order valence-corrected chi connectivity index (χ3v) is 5.94. The fourth-order valence-electron chi connectivity index (χ4n) is 4.16. The monoisotopic (exact) mass is 450 g/mol. The van der Waals surface area contributed by atoms with E-state index in [4.69, 9.17) is 0 Å². The summed E-state index contributed by atoms with van der Waals surface area (Å²) in [5.41, 5.74) is 4.41. The first-order valence-corrected chi connectivity index (χ1v) is 10.8. The van der Waals surface area contributed by atoms with Gasteiger partial charge in [0.15, 0.2) is 0 Å². The zero-order valence-electron chi connectivity index (χ0n) is 18.6. The van der Waals surface area contributed by atoms with E-state index in [9.17, 15) is 19.8 Å². The fraction of sp³-hybridized carbons (Fsp3) is 0.0714. The van der Waals surface area contributed by atoms with Gasteiger partial charge in [0.05, 0.1) is 33.6 Å². The topological polar surface area (TPSA) is 98.7 Å². The van der Waals surface area contributed by atoms with Crippen LogP contribution in [0.3, 0.4) is 0 Å². The van der Waals surface area contributed by atoms with E-state index in [1.54, 1.807) is 12.1 Å². The van der Waals surface area contributed by atoms with Gasteiger partial charge < -0.3 is 20.8 Å². The normalized spacial score (nSPS) is 12.2. The molecular formula is C28H22N2O4. The van der Waals surface area contributed by atoms with Gasteiger partial charge in [-0.25, -0.2) is 0 Å². The average molecular weight is 450 g/mol. The average Bonchev–Trinajstić information content (AvgIpc) is 2.82. The Balaban J connectivity index is 1.70. The minimum atomic E-state index is -0.542. The Bertz CT molecular complexity index is 1340. The van der Waals surface area contributed by atoms with Gasteiger partial charge in [0.1, 0.15) is 11.5 Å². The molecule has 0 aromatic heterocycles. The van der Waals surface area contributed by atoms with Gasteiger partial charge in [0, 0.05) is 11.4 Å². The maximum absolute atomic E-state index is 13.6. The number of hydrogen-bond acceptors (Lipinski definition) is 6. The summed E-state index contributed by atoms with van der Waals surface area (Å²) in [4.78, 5) is 27.3. The van der Waals surface area contributed by atoms with Crippen molar-refractivity contribution in [2.24, 2.45) is 0 Å². The van der Waals surface area contributed by atoms with E-state index in [2.05, 4.69) is 10.6 Å². The van der Waals surface area contributed by atoms with E-state index < -0.39 is 11.6 Å². The van der Waals surface area contributed by atoms with E-state index in [1.165, 1.54) is 12.1 Å². The molecule has 0 fully saturated rings. The Morgan fingerprint density at radius 3 is 1.21 bits per heavy atom. The van der Waals surface area contributed by atoms with Gasteiger partial charge >= 0.3 is 0 Å². The molecule has 34 heavy (non-hydrogen) atoms. The van der Waals surface area contributed by atoms with Crippen molar-refractivity contribution >= 4 is 34.3 Å². The summed E-state index contributed by atoms with van der Waals surface area (Å²) in [5, 5.41) is 27.3. The smallest absolute Gasteiger partial charge is 0.200 e. The summed E-state index contributed by atoms with van der Waals surface area (Å²) < 4.78 is 0. The number of carbonyl (C=O) groups excluding carboxylic acids is 2. The third-order valence-electron chi connectivity index (χ3n) is 5.94. The molecule has 0 unspecified atom stereocenters. The number of carbonyl (C=O) groups is 2. The van der Waals surface area contributed by atoms with Crippen LogP contribution in [0.1, 0.15) is 43.0 Å². The van der Waals surface area contributed by atoms with Crippen molar-refractivity contribution in [1.29, 1.82) is 0 Å². The van der Waals surface area contributed by atoms with Crippen LogP contribution in [-0.4, -0.2) is 21.8 Å². The Hall–Kier alpha value is -4.58. The number of fused-ring (bicyclic) bond motifs is 2. The Morgan fingerprint density at radius 1 is 0.500 bits per heavy atom. The standard InChI is InChI=1S/C28H22N2O4/c1-15-3-7-17(8-4-15)29-19-11-12-20(30-18-9-5-16(2)6-10-18)24-23(19)27(33)25-21(31)13-14-22(32)26(25)28(24)34/h3-14,29-32H,1-2H3. The number of phenols is 2.